The lowest BCUT2D eigenvalue weighted by molar-refractivity contribution is 0.0955. The fourth-order valence-corrected chi connectivity index (χ4v) is 3.82. The molecule has 1 fully saturated rings. The quantitative estimate of drug-likeness (QED) is 0.537. The van der Waals surface area contributed by atoms with Crippen molar-refractivity contribution in [3.05, 3.63) is 42.4 Å². The van der Waals surface area contributed by atoms with E-state index in [0.29, 0.717) is 13.0 Å². The Morgan fingerprint density at radius 1 is 1.31 bits per heavy atom. The van der Waals surface area contributed by atoms with Crippen LogP contribution in [0.1, 0.15) is 23.3 Å². The zero-order valence-corrected chi connectivity index (χ0v) is 15.0. The van der Waals surface area contributed by atoms with E-state index < -0.39 is 0 Å². The highest BCUT2D eigenvalue weighted by molar-refractivity contribution is 6.01. The van der Waals surface area contributed by atoms with Crippen LogP contribution in [-0.2, 0) is 14.1 Å². The lowest BCUT2D eigenvalue weighted by atomic mass is 10.00. The second kappa shape index (κ2) is 6.34. The molecule has 6 nitrogen and oxygen atoms in total. The lowest BCUT2D eigenvalue weighted by Gasteiger charge is -2.09. The highest BCUT2D eigenvalue weighted by Crippen LogP contribution is 2.28. The van der Waals surface area contributed by atoms with Gasteiger partial charge < -0.3 is 9.47 Å². The maximum atomic E-state index is 12.8. The van der Waals surface area contributed by atoms with Crippen LogP contribution in [0, 0.1) is 17.4 Å². The highest BCUT2D eigenvalue weighted by atomic mass is 16.1. The van der Waals surface area contributed by atoms with E-state index in [-0.39, 0.29) is 11.7 Å². The van der Waals surface area contributed by atoms with Gasteiger partial charge in [0.15, 0.2) is 12.0 Å². The topological polar surface area (TPSA) is 66.8 Å². The first-order chi connectivity index (χ1) is 12.5. The van der Waals surface area contributed by atoms with Crippen molar-refractivity contribution in [3.63, 3.8) is 0 Å². The summed E-state index contributed by atoms with van der Waals surface area (Å²) in [5.74, 6) is 0.419. The molecule has 3 heterocycles. The average molecular weight is 347 g/mol. The maximum Gasteiger partial charge on any atom is 0.179 e. The zero-order chi connectivity index (χ0) is 18.3. The van der Waals surface area contributed by atoms with Gasteiger partial charge in [0.2, 0.25) is 0 Å². The van der Waals surface area contributed by atoms with Gasteiger partial charge in [-0.1, -0.05) is 6.07 Å². The number of nitrogens with zero attached hydrogens (tertiary/aromatic N) is 5. The molecule has 0 bridgehead atoms. The van der Waals surface area contributed by atoms with Crippen molar-refractivity contribution < 1.29 is 4.79 Å². The van der Waals surface area contributed by atoms with Crippen LogP contribution in [0.25, 0.3) is 22.0 Å². The molecule has 1 atom stereocenters. The van der Waals surface area contributed by atoms with Crippen LogP contribution in [0.4, 0.5) is 0 Å². The molecule has 1 saturated heterocycles. The second-order valence-corrected chi connectivity index (χ2v) is 7.09. The van der Waals surface area contributed by atoms with Crippen LogP contribution < -0.4 is 0 Å². The maximum absolute atomic E-state index is 12.8. The Morgan fingerprint density at radius 2 is 2.15 bits per heavy atom. The minimum Gasteiger partial charge on any atom is -0.341 e. The summed E-state index contributed by atoms with van der Waals surface area (Å²) in [5.41, 5.74) is 3.94. The Kier molecular flexibility index (Phi) is 4.00. The molecule has 0 saturated carbocycles. The van der Waals surface area contributed by atoms with Crippen LogP contribution in [0.15, 0.2) is 36.7 Å². The van der Waals surface area contributed by atoms with Gasteiger partial charge in [-0.3, -0.25) is 9.48 Å². The first-order valence-corrected chi connectivity index (χ1v) is 8.81. The number of rotatable bonds is 4. The first kappa shape index (κ1) is 16.4. The molecule has 0 N–H and O–H groups in total. The van der Waals surface area contributed by atoms with Crippen molar-refractivity contribution in [1.82, 2.24) is 19.2 Å². The van der Waals surface area contributed by atoms with Crippen LogP contribution in [0.5, 0.6) is 0 Å². The number of carbonyl (C=O) groups is 1. The molecule has 3 aromatic rings. The molecule has 26 heavy (non-hydrogen) atoms. The standard InChI is InChI=1S/C20H21N5O/c1-23-12-17(10-22-23)15-3-4-18-16(8-15)9-19(24(18)2)20(26)7-14-5-6-25(11-14)13-21/h3-4,8-10,12,14H,5-7,11H2,1-2H3/t14-/m0/s1. The third-order valence-corrected chi connectivity index (χ3v) is 5.27. The van der Waals surface area contributed by atoms with Crippen molar-refractivity contribution in [2.45, 2.75) is 12.8 Å². The van der Waals surface area contributed by atoms with Crippen molar-refractivity contribution in [1.29, 1.82) is 5.26 Å². The Hall–Kier alpha value is -3.07. The number of likely N-dealkylation sites (tertiary alicyclic amines) is 1. The highest BCUT2D eigenvalue weighted by Gasteiger charge is 2.25. The molecule has 0 spiro atoms. The predicted molar refractivity (Wildman–Crippen MR) is 99.4 cm³/mol. The summed E-state index contributed by atoms with van der Waals surface area (Å²) in [7, 11) is 3.84. The van der Waals surface area contributed by atoms with E-state index in [1.165, 1.54) is 0 Å². The van der Waals surface area contributed by atoms with E-state index >= 15 is 0 Å². The monoisotopic (exact) mass is 347 g/mol. The third-order valence-electron chi connectivity index (χ3n) is 5.27. The molecule has 0 amide bonds. The number of Topliss-reactive ketones (excluding diaryl/α,β-unsaturated/α-hetero) is 1. The van der Waals surface area contributed by atoms with Crippen molar-refractivity contribution in [2.75, 3.05) is 13.1 Å². The fraction of sp³-hybridized carbons (Fsp3) is 0.350. The number of aryl methyl sites for hydroxylation is 2. The van der Waals surface area contributed by atoms with Crippen molar-refractivity contribution in [3.8, 4) is 17.3 Å². The third kappa shape index (κ3) is 2.86. The zero-order valence-electron chi connectivity index (χ0n) is 15.0. The van der Waals surface area contributed by atoms with E-state index in [0.717, 1.165) is 40.7 Å². The van der Waals surface area contributed by atoms with Gasteiger partial charge in [0, 0.05) is 56.3 Å². The van der Waals surface area contributed by atoms with Crippen LogP contribution in [0.2, 0.25) is 0 Å². The molecule has 1 aromatic carbocycles. The Bertz CT molecular complexity index is 1020. The SMILES string of the molecule is Cn1cc(-c2ccc3c(c2)cc(C(=O)C[C@@H]2CCN(C#N)C2)n3C)cn1. The summed E-state index contributed by atoms with van der Waals surface area (Å²) in [6.45, 7) is 1.45. The van der Waals surface area contributed by atoms with Crippen LogP contribution >= 0.6 is 0 Å². The summed E-state index contributed by atoms with van der Waals surface area (Å²) in [6, 6.07) is 8.21. The van der Waals surface area contributed by atoms with Gasteiger partial charge in [-0.2, -0.15) is 10.4 Å². The smallest absolute Gasteiger partial charge is 0.179 e. The minimum atomic E-state index is 0.149. The van der Waals surface area contributed by atoms with E-state index in [1.807, 2.05) is 37.1 Å². The van der Waals surface area contributed by atoms with Gasteiger partial charge in [0.05, 0.1) is 11.9 Å². The minimum absolute atomic E-state index is 0.149. The predicted octanol–water partition coefficient (Wildman–Crippen LogP) is 2.95. The molecule has 0 radical (unpaired) electrons. The normalized spacial score (nSPS) is 17.0. The first-order valence-electron chi connectivity index (χ1n) is 8.81. The number of hydrogen-bond donors (Lipinski definition) is 0. The average Bonchev–Trinajstić information content (AvgIpc) is 3.34. The molecule has 132 valence electrons. The Balaban J connectivity index is 1.60. The summed E-state index contributed by atoms with van der Waals surface area (Å²) in [4.78, 5) is 14.5. The number of benzene rings is 1. The molecule has 0 aliphatic carbocycles. The van der Waals surface area contributed by atoms with Gasteiger partial charge in [0.25, 0.3) is 0 Å². The summed E-state index contributed by atoms with van der Waals surface area (Å²) in [5, 5.41) is 14.3. The molecular formula is C20H21N5O. The molecule has 1 aliphatic heterocycles. The number of nitriles is 1. The van der Waals surface area contributed by atoms with E-state index in [9.17, 15) is 4.79 Å². The Morgan fingerprint density at radius 3 is 2.85 bits per heavy atom. The van der Waals surface area contributed by atoms with E-state index in [1.54, 1.807) is 9.58 Å². The molecule has 0 unspecified atom stereocenters. The van der Waals surface area contributed by atoms with Gasteiger partial charge in [-0.15, -0.1) is 0 Å². The largest absolute Gasteiger partial charge is 0.341 e. The summed E-state index contributed by atoms with van der Waals surface area (Å²) < 4.78 is 3.76. The number of hydrogen-bond acceptors (Lipinski definition) is 4. The molecule has 4 rings (SSSR count). The van der Waals surface area contributed by atoms with Gasteiger partial charge in [0.1, 0.15) is 0 Å². The number of aromatic nitrogens is 3. The Labute approximate surface area is 152 Å². The van der Waals surface area contributed by atoms with E-state index in [4.69, 9.17) is 5.26 Å². The number of ketones is 1. The fourth-order valence-electron chi connectivity index (χ4n) is 3.82. The lowest BCUT2D eigenvalue weighted by Crippen LogP contribution is -2.16. The number of fused-ring (bicyclic) bond motifs is 1. The molecule has 2 aromatic heterocycles. The van der Waals surface area contributed by atoms with Gasteiger partial charge in [-0.05, 0) is 36.1 Å². The van der Waals surface area contributed by atoms with E-state index in [2.05, 4.69) is 29.5 Å². The molecule has 6 heteroatoms. The van der Waals surface area contributed by atoms with Crippen molar-refractivity contribution >= 4 is 16.7 Å². The van der Waals surface area contributed by atoms with Crippen LogP contribution in [-0.4, -0.2) is 38.1 Å². The van der Waals surface area contributed by atoms with Crippen LogP contribution in [0.3, 0.4) is 0 Å². The molecule has 1 aliphatic rings. The number of carbonyl (C=O) groups excluding carboxylic acids is 1. The summed E-state index contributed by atoms with van der Waals surface area (Å²) in [6.07, 6.45) is 7.41. The summed E-state index contributed by atoms with van der Waals surface area (Å²) >= 11 is 0. The van der Waals surface area contributed by atoms with Gasteiger partial charge >= 0.3 is 0 Å². The van der Waals surface area contributed by atoms with Gasteiger partial charge in [-0.25, -0.2) is 0 Å². The van der Waals surface area contributed by atoms with Crippen molar-refractivity contribution in [2.24, 2.45) is 20.0 Å². The second-order valence-electron chi connectivity index (χ2n) is 7.09. The molecular weight excluding hydrogens is 326 g/mol.